The molecule has 1 N–H and O–H groups in total. The van der Waals surface area contributed by atoms with Gasteiger partial charge in [-0.2, -0.15) is 0 Å². The van der Waals surface area contributed by atoms with Gasteiger partial charge in [0.1, 0.15) is 0 Å². The molecule has 0 aliphatic carbocycles. The summed E-state index contributed by atoms with van der Waals surface area (Å²) in [7, 11) is -3.44. The van der Waals surface area contributed by atoms with Crippen molar-refractivity contribution >= 4 is 27.3 Å². The number of ether oxygens (including phenoxy) is 1. The Labute approximate surface area is 162 Å². The summed E-state index contributed by atoms with van der Waals surface area (Å²) in [6.45, 7) is 7.65. The van der Waals surface area contributed by atoms with Gasteiger partial charge in [-0.1, -0.05) is 0 Å². The van der Waals surface area contributed by atoms with Gasteiger partial charge < -0.3 is 15.0 Å². The fourth-order valence-corrected chi connectivity index (χ4v) is 4.22. The average Bonchev–Trinajstić information content (AvgIpc) is 2.66. The number of benzene rings is 1. The Bertz CT molecular complexity index is 696. The summed E-state index contributed by atoms with van der Waals surface area (Å²) in [5, 5.41) is 2.86. The largest absolute Gasteiger partial charge is 0.381 e. The van der Waals surface area contributed by atoms with E-state index in [1.54, 1.807) is 0 Å². The van der Waals surface area contributed by atoms with Crippen LogP contribution in [0.3, 0.4) is 0 Å². The molecule has 0 bridgehead atoms. The highest BCUT2D eigenvalue weighted by Gasteiger charge is 2.22. The van der Waals surface area contributed by atoms with Crippen molar-refractivity contribution < 1.29 is 17.9 Å². The van der Waals surface area contributed by atoms with Crippen molar-refractivity contribution in [2.24, 2.45) is 5.92 Å². The summed E-state index contributed by atoms with van der Waals surface area (Å²) in [6, 6.07) is 7.49. The molecule has 0 saturated carbocycles. The molecule has 8 heteroatoms. The van der Waals surface area contributed by atoms with Crippen LogP contribution in [-0.2, 0) is 19.6 Å². The van der Waals surface area contributed by atoms with Crippen LogP contribution in [0.25, 0.3) is 0 Å². The number of hydrogen-bond donors (Lipinski definition) is 1. The van der Waals surface area contributed by atoms with E-state index in [1.165, 1.54) is 10.6 Å². The number of sulfonamides is 1. The molecule has 1 heterocycles. The fourth-order valence-electron chi connectivity index (χ4n) is 3.29. The summed E-state index contributed by atoms with van der Waals surface area (Å²) in [5.41, 5.74) is 1.67. The van der Waals surface area contributed by atoms with Gasteiger partial charge in [0.05, 0.1) is 18.5 Å². The first-order valence-corrected chi connectivity index (χ1v) is 11.4. The van der Waals surface area contributed by atoms with Gasteiger partial charge >= 0.3 is 0 Å². The summed E-state index contributed by atoms with van der Waals surface area (Å²) in [5.74, 6) is -0.0672. The molecule has 152 valence electrons. The van der Waals surface area contributed by atoms with E-state index in [0.29, 0.717) is 31.7 Å². The minimum absolute atomic E-state index is 0.0244. The molecule has 1 aliphatic heterocycles. The Balaban J connectivity index is 2.00. The van der Waals surface area contributed by atoms with Gasteiger partial charge in [-0.05, 0) is 51.0 Å². The Morgan fingerprint density at radius 1 is 1.11 bits per heavy atom. The van der Waals surface area contributed by atoms with Gasteiger partial charge in [0.25, 0.3) is 0 Å². The average molecular weight is 398 g/mol. The predicted octanol–water partition coefficient (Wildman–Crippen LogP) is 1.84. The van der Waals surface area contributed by atoms with Crippen LogP contribution < -0.4 is 14.5 Å². The first-order chi connectivity index (χ1) is 12.9. The van der Waals surface area contributed by atoms with Crippen molar-refractivity contribution in [1.29, 1.82) is 0 Å². The quantitative estimate of drug-likeness (QED) is 0.688. The van der Waals surface area contributed by atoms with Gasteiger partial charge in [-0.3, -0.25) is 9.10 Å². The highest BCUT2D eigenvalue weighted by Crippen LogP contribution is 2.22. The third-order valence-electron chi connectivity index (χ3n) is 4.87. The predicted molar refractivity (Wildman–Crippen MR) is 109 cm³/mol. The normalized spacial score (nSPS) is 15.4. The second-order valence-corrected chi connectivity index (χ2v) is 8.61. The second kappa shape index (κ2) is 9.94. The number of carbonyl (C=O) groups excluding carboxylic acids is 1. The number of hydrogen-bond acceptors (Lipinski definition) is 5. The minimum Gasteiger partial charge on any atom is -0.381 e. The third kappa shape index (κ3) is 6.10. The summed E-state index contributed by atoms with van der Waals surface area (Å²) in [4.78, 5) is 14.4. The molecule has 1 aliphatic rings. The molecule has 0 atom stereocenters. The van der Waals surface area contributed by atoms with Gasteiger partial charge in [-0.25, -0.2) is 8.42 Å². The van der Waals surface area contributed by atoms with Crippen LogP contribution in [0.5, 0.6) is 0 Å². The minimum atomic E-state index is -3.44. The molecule has 0 spiro atoms. The maximum atomic E-state index is 12.2. The molecule has 1 amide bonds. The fraction of sp³-hybridized carbons (Fsp3) is 0.632. The highest BCUT2D eigenvalue weighted by molar-refractivity contribution is 7.92. The topological polar surface area (TPSA) is 79.0 Å². The lowest BCUT2D eigenvalue weighted by Gasteiger charge is -2.26. The molecule has 1 aromatic rings. The molecular weight excluding hydrogens is 366 g/mol. The number of rotatable bonds is 9. The smallest absolute Gasteiger partial charge is 0.232 e. The molecule has 1 fully saturated rings. The lowest BCUT2D eigenvalue weighted by atomic mass is 9.99. The summed E-state index contributed by atoms with van der Waals surface area (Å²) < 4.78 is 31.1. The molecule has 0 radical (unpaired) electrons. The third-order valence-corrected chi connectivity index (χ3v) is 6.07. The molecule has 1 saturated heterocycles. The summed E-state index contributed by atoms with van der Waals surface area (Å²) in [6.07, 6.45) is 2.62. The van der Waals surface area contributed by atoms with Crippen LogP contribution in [0.4, 0.5) is 11.4 Å². The van der Waals surface area contributed by atoms with Crippen LogP contribution in [0.15, 0.2) is 24.3 Å². The second-order valence-electron chi connectivity index (χ2n) is 6.70. The van der Waals surface area contributed by atoms with Crippen molar-refractivity contribution in [2.45, 2.75) is 26.7 Å². The van der Waals surface area contributed by atoms with Crippen molar-refractivity contribution in [3.05, 3.63) is 24.3 Å². The number of nitrogens with one attached hydrogen (secondary N) is 1. The molecule has 0 aromatic heterocycles. The zero-order valence-corrected chi connectivity index (χ0v) is 17.3. The van der Waals surface area contributed by atoms with E-state index in [-0.39, 0.29) is 24.9 Å². The monoisotopic (exact) mass is 397 g/mol. The van der Waals surface area contributed by atoms with E-state index < -0.39 is 10.0 Å². The maximum Gasteiger partial charge on any atom is 0.232 e. The Hall–Kier alpha value is -1.80. The lowest BCUT2D eigenvalue weighted by Crippen LogP contribution is -2.41. The van der Waals surface area contributed by atoms with Gasteiger partial charge in [0.2, 0.25) is 15.9 Å². The Kier molecular flexibility index (Phi) is 7.91. The van der Waals surface area contributed by atoms with E-state index in [1.807, 2.05) is 24.3 Å². The standard InChI is InChI=1S/C19H31N3O4S/c1-4-21(5-2)17-6-8-18(9-7-17)22(27(3,24)25)13-12-20-19(23)16-10-14-26-15-11-16/h6-9,16H,4-5,10-15H2,1-3H3,(H,20,23). The van der Waals surface area contributed by atoms with Crippen molar-refractivity contribution in [3.8, 4) is 0 Å². The SMILES string of the molecule is CCN(CC)c1ccc(N(CCNC(=O)C2CCOCC2)S(C)(=O)=O)cc1. The highest BCUT2D eigenvalue weighted by atomic mass is 32.2. The van der Waals surface area contributed by atoms with Crippen LogP contribution in [0.1, 0.15) is 26.7 Å². The maximum absolute atomic E-state index is 12.2. The molecule has 0 unspecified atom stereocenters. The zero-order chi connectivity index (χ0) is 19.9. The van der Waals surface area contributed by atoms with Gasteiger partial charge in [0.15, 0.2) is 0 Å². The molecule has 2 rings (SSSR count). The number of amides is 1. The van der Waals surface area contributed by atoms with E-state index in [9.17, 15) is 13.2 Å². The van der Waals surface area contributed by atoms with Crippen LogP contribution in [-0.4, -0.2) is 60.0 Å². The van der Waals surface area contributed by atoms with Crippen LogP contribution >= 0.6 is 0 Å². The van der Waals surface area contributed by atoms with E-state index in [2.05, 4.69) is 24.1 Å². The summed E-state index contributed by atoms with van der Waals surface area (Å²) >= 11 is 0. The van der Waals surface area contributed by atoms with Crippen LogP contribution in [0, 0.1) is 5.92 Å². The van der Waals surface area contributed by atoms with E-state index in [4.69, 9.17) is 4.74 Å². The van der Waals surface area contributed by atoms with Crippen molar-refractivity contribution in [2.75, 3.05) is 54.9 Å². The number of carbonyl (C=O) groups is 1. The molecule has 1 aromatic carbocycles. The zero-order valence-electron chi connectivity index (χ0n) is 16.5. The van der Waals surface area contributed by atoms with Crippen molar-refractivity contribution in [1.82, 2.24) is 5.32 Å². The van der Waals surface area contributed by atoms with E-state index in [0.717, 1.165) is 18.8 Å². The van der Waals surface area contributed by atoms with Crippen LogP contribution in [0.2, 0.25) is 0 Å². The first-order valence-electron chi connectivity index (χ1n) is 9.55. The molecule has 27 heavy (non-hydrogen) atoms. The van der Waals surface area contributed by atoms with Crippen molar-refractivity contribution in [3.63, 3.8) is 0 Å². The number of nitrogens with zero attached hydrogens (tertiary/aromatic N) is 2. The first kappa shape index (κ1) is 21.5. The molecular formula is C19H31N3O4S. The Morgan fingerprint density at radius 2 is 1.67 bits per heavy atom. The number of anilines is 2. The molecule has 7 nitrogen and oxygen atoms in total. The van der Waals surface area contributed by atoms with Gasteiger partial charge in [0, 0.05) is 44.5 Å². The lowest BCUT2D eigenvalue weighted by molar-refractivity contribution is -0.127. The van der Waals surface area contributed by atoms with Gasteiger partial charge in [-0.15, -0.1) is 0 Å². The Morgan fingerprint density at radius 3 is 2.19 bits per heavy atom. The van der Waals surface area contributed by atoms with E-state index >= 15 is 0 Å².